The third-order valence-electron chi connectivity index (χ3n) is 4.04. The van der Waals surface area contributed by atoms with Crippen LogP contribution >= 0.6 is 12.2 Å². The summed E-state index contributed by atoms with van der Waals surface area (Å²) in [6, 6.07) is 6.96. The van der Waals surface area contributed by atoms with Crippen molar-refractivity contribution in [1.82, 2.24) is 14.5 Å². The Morgan fingerprint density at radius 1 is 1.42 bits per heavy atom. The van der Waals surface area contributed by atoms with E-state index in [1.165, 1.54) is 23.0 Å². The van der Waals surface area contributed by atoms with Crippen LogP contribution in [0.15, 0.2) is 18.2 Å². The van der Waals surface area contributed by atoms with Gasteiger partial charge in [0.25, 0.3) is 0 Å². The van der Waals surface area contributed by atoms with Gasteiger partial charge in [-0.15, -0.1) is 0 Å². The Morgan fingerprint density at radius 2 is 2.16 bits per heavy atom. The molecule has 19 heavy (non-hydrogen) atoms. The number of aromatic amines is 1. The summed E-state index contributed by atoms with van der Waals surface area (Å²) in [5, 5.41) is 0. The highest BCUT2D eigenvalue weighted by Gasteiger charge is 2.09. The third-order valence-corrected chi connectivity index (χ3v) is 4.36. The molecule has 1 aromatic carbocycles. The van der Waals surface area contributed by atoms with Crippen molar-refractivity contribution in [1.29, 1.82) is 0 Å². The van der Waals surface area contributed by atoms with Crippen molar-refractivity contribution < 1.29 is 0 Å². The minimum atomic E-state index is 0.612. The summed E-state index contributed by atoms with van der Waals surface area (Å²) < 4.78 is 3.03. The molecule has 2 rings (SSSR count). The number of benzene rings is 1. The Hall–Kier alpha value is -1.13. The second kappa shape index (κ2) is 5.88. The van der Waals surface area contributed by atoms with E-state index in [4.69, 9.17) is 12.2 Å². The standard InChI is InChI=1S/C15H23N3S/c1-5-12(3)17(4)9-10-18-13-8-6-7-11(2)14(13)16-15(18)19/h6-8,12H,5,9-10H2,1-4H3,(H,16,19). The Labute approximate surface area is 120 Å². The normalized spacial score (nSPS) is 13.3. The van der Waals surface area contributed by atoms with Crippen LogP contribution < -0.4 is 0 Å². The minimum absolute atomic E-state index is 0.612. The largest absolute Gasteiger partial charge is 0.330 e. The number of fused-ring (bicyclic) bond motifs is 1. The first kappa shape index (κ1) is 14.3. The maximum absolute atomic E-state index is 5.45. The molecule has 104 valence electrons. The number of nitrogens with one attached hydrogen (secondary N) is 1. The monoisotopic (exact) mass is 277 g/mol. The van der Waals surface area contributed by atoms with Crippen molar-refractivity contribution >= 4 is 23.3 Å². The summed E-state index contributed by atoms with van der Waals surface area (Å²) in [4.78, 5) is 5.71. The van der Waals surface area contributed by atoms with E-state index in [9.17, 15) is 0 Å². The highest BCUT2D eigenvalue weighted by molar-refractivity contribution is 7.71. The van der Waals surface area contributed by atoms with Gasteiger partial charge in [0.1, 0.15) is 0 Å². The summed E-state index contributed by atoms with van der Waals surface area (Å²) in [7, 11) is 2.18. The van der Waals surface area contributed by atoms with Gasteiger partial charge in [-0.1, -0.05) is 19.1 Å². The van der Waals surface area contributed by atoms with Gasteiger partial charge < -0.3 is 14.5 Å². The van der Waals surface area contributed by atoms with Gasteiger partial charge in [-0.3, -0.25) is 0 Å². The summed E-state index contributed by atoms with van der Waals surface area (Å²) in [6.45, 7) is 8.55. The predicted octanol–water partition coefficient (Wildman–Crippen LogP) is 3.74. The highest BCUT2D eigenvalue weighted by atomic mass is 32.1. The molecule has 0 bridgehead atoms. The molecule has 0 amide bonds. The lowest BCUT2D eigenvalue weighted by molar-refractivity contribution is 0.243. The first-order valence-corrected chi connectivity index (χ1v) is 7.33. The maximum Gasteiger partial charge on any atom is 0.178 e. The lowest BCUT2D eigenvalue weighted by Crippen LogP contribution is -2.31. The summed E-state index contributed by atoms with van der Waals surface area (Å²) >= 11 is 5.45. The third kappa shape index (κ3) is 2.90. The summed E-state index contributed by atoms with van der Waals surface area (Å²) in [6.07, 6.45) is 1.18. The second-order valence-corrected chi connectivity index (χ2v) is 5.68. The van der Waals surface area contributed by atoms with Gasteiger partial charge in [0.2, 0.25) is 0 Å². The van der Waals surface area contributed by atoms with E-state index in [1.807, 2.05) is 0 Å². The Morgan fingerprint density at radius 3 is 2.84 bits per heavy atom. The average Bonchev–Trinajstić information content (AvgIpc) is 2.72. The first-order valence-electron chi connectivity index (χ1n) is 6.93. The molecule has 2 aromatic rings. The smallest absolute Gasteiger partial charge is 0.178 e. The van der Waals surface area contributed by atoms with Crippen LogP contribution in [0, 0.1) is 11.7 Å². The van der Waals surface area contributed by atoms with E-state index >= 15 is 0 Å². The Kier molecular flexibility index (Phi) is 4.42. The molecular weight excluding hydrogens is 254 g/mol. The van der Waals surface area contributed by atoms with E-state index in [-0.39, 0.29) is 0 Å². The van der Waals surface area contributed by atoms with Crippen LogP contribution in [-0.4, -0.2) is 34.1 Å². The number of H-pyrrole nitrogens is 1. The molecule has 0 saturated carbocycles. The van der Waals surface area contributed by atoms with E-state index in [1.54, 1.807) is 0 Å². The Bertz CT molecular complexity index is 611. The minimum Gasteiger partial charge on any atom is -0.330 e. The second-order valence-electron chi connectivity index (χ2n) is 5.29. The molecule has 1 unspecified atom stereocenters. The van der Waals surface area contributed by atoms with Gasteiger partial charge in [0.05, 0.1) is 11.0 Å². The Balaban J connectivity index is 2.24. The fourth-order valence-electron chi connectivity index (χ4n) is 2.34. The van der Waals surface area contributed by atoms with Gasteiger partial charge in [-0.05, 0) is 51.2 Å². The number of aromatic nitrogens is 2. The number of hydrogen-bond donors (Lipinski definition) is 1. The van der Waals surface area contributed by atoms with Crippen LogP contribution in [0.25, 0.3) is 11.0 Å². The van der Waals surface area contributed by atoms with Crippen molar-refractivity contribution in [3.8, 4) is 0 Å². The highest BCUT2D eigenvalue weighted by Crippen LogP contribution is 2.17. The number of rotatable bonds is 5. The van der Waals surface area contributed by atoms with Crippen molar-refractivity contribution in [2.45, 2.75) is 39.8 Å². The van der Waals surface area contributed by atoms with Gasteiger partial charge in [0, 0.05) is 19.1 Å². The van der Waals surface area contributed by atoms with Crippen molar-refractivity contribution in [2.75, 3.05) is 13.6 Å². The molecule has 0 fully saturated rings. The molecule has 1 N–H and O–H groups in total. The quantitative estimate of drug-likeness (QED) is 0.842. The average molecular weight is 277 g/mol. The zero-order chi connectivity index (χ0) is 14.0. The predicted molar refractivity (Wildman–Crippen MR) is 84.2 cm³/mol. The van der Waals surface area contributed by atoms with E-state index in [2.05, 4.69) is 60.5 Å². The fraction of sp³-hybridized carbons (Fsp3) is 0.533. The maximum atomic E-state index is 5.45. The lowest BCUT2D eigenvalue weighted by atomic mass is 10.2. The number of hydrogen-bond acceptors (Lipinski definition) is 2. The van der Waals surface area contributed by atoms with Gasteiger partial charge in [0.15, 0.2) is 4.77 Å². The number of imidazole rings is 1. The van der Waals surface area contributed by atoms with Crippen LogP contribution in [0.3, 0.4) is 0 Å². The molecule has 0 saturated heterocycles. The van der Waals surface area contributed by atoms with Crippen molar-refractivity contribution in [3.05, 3.63) is 28.5 Å². The molecule has 1 atom stereocenters. The van der Waals surface area contributed by atoms with E-state index in [0.717, 1.165) is 17.9 Å². The van der Waals surface area contributed by atoms with Crippen LogP contribution in [0.5, 0.6) is 0 Å². The van der Waals surface area contributed by atoms with Crippen molar-refractivity contribution in [2.24, 2.45) is 0 Å². The topological polar surface area (TPSA) is 24.0 Å². The van der Waals surface area contributed by atoms with Crippen LogP contribution in [-0.2, 0) is 6.54 Å². The number of para-hydroxylation sites is 1. The number of nitrogens with zero attached hydrogens (tertiary/aromatic N) is 2. The molecule has 1 aromatic heterocycles. The SMILES string of the molecule is CCC(C)N(C)CCn1c(=S)[nH]c2c(C)cccc21. The molecule has 0 aliphatic rings. The molecular formula is C15H23N3S. The molecule has 0 spiro atoms. The van der Waals surface area contributed by atoms with Gasteiger partial charge in [-0.25, -0.2) is 0 Å². The van der Waals surface area contributed by atoms with Gasteiger partial charge in [-0.2, -0.15) is 0 Å². The molecule has 4 heteroatoms. The van der Waals surface area contributed by atoms with E-state index < -0.39 is 0 Å². The molecule has 3 nitrogen and oxygen atoms in total. The fourth-order valence-corrected chi connectivity index (χ4v) is 2.63. The molecule has 0 aliphatic heterocycles. The molecule has 1 heterocycles. The summed E-state index contributed by atoms with van der Waals surface area (Å²) in [5.74, 6) is 0. The lowest BCUT2D eigenvalue weighted by Gasteiger charge is -2.23. The number of aryl methyl sites for hydroxylation is 1. The van der Waals surface area contributed by atoms with Crippen LogP contribution in [0.1, 0.15) is 25.8 Å². The van der Waals surface area contributed by atoms with E-state index in [0.29, 0.717) is 6.04 Å². The summed E-state index contributed by atoms with van der Waals surface area (Å²) in [5.41, 5.74) is 3.62. The first-order chi connectivity index (χ1) is 9.04. The molecule has 0 aliphatic carbocycles. The number of likely N-dealkylation sites (N-methyl/N-ethyl adjacent to an activating group) is 1. The van der Waals surface area contributed by atoms with Crippen molar-refractivity contribution in [3.63, 3.8) is 0 Å². The van der Waals surface area contributed by atoms with Gasteiger partial charge >= 0.3 is 0 Å². The zero-order valence-electron chi connectivity index (χ0n) is 12.2. The van der Waals surface area contributed by atoms with Crippen LogP contribution in [0.2, 0.25) is 0 Å². The molecule has 0 radical (unpaired) electrons. The zero-order valence-corrected chi connectivity index (χ0v) is 13.0. The van der Waals surface area contributed by atoms with Crippen LogP contribution in [0.4, 0.5) is 0 Å².